The van der Waals surface area contributed by atoms with Crippen molar-refractivity contribution in [1.29, 1.82) is 0 Å². The molecular weight excluding hydrogens is 388 g/mol. The van der Waals surface area contributed by atoms with E-state index >= 15 is 0 Å². The Hall–Kier alpha value is -2.15. The van der Waals surface area contributed by atoms with Gasteiger partial charge in [-0.2, -0.15) is 0 Å². The zero-order chi connectivity index (χ0) is 20.7. The number of allylic oxidation sites excluding steroid dienone is 2. The molecule has 0 saturated heterocycles. The van der Waals surface area contributed by atoms with Gasteiger partial charge in [0.05, 0.1) is 17.4 Å². The number of carboxylic acids is 1. The molecule has 7 heteroatoms. The number of carbonyl (C=O) groups excluding carboxylic acids is 2. The lowest BCUT2D eigenvalue weighted by molar-refractivity contribution is -0.146. The molecular formula is C22H28N2O4S. The first-order valence-corrected chi connectivity index (χ1v) is 11.3. The van der Waals surface area contributed by atoms with Gasteiger partial charge in [-0.15, -0.1) is 11.3 Å². The van der Waals surface area contributed by atoms with E-state index in [-0.39, 0.29) is 17.9 Å². The van der Waals surface area contributed by atoms with Crippen LogP contribution in [0.2, 0.25) is 0 Å². The summed E-state index contributed by atoms with van der Waals surface area (Å²) in [6.45, 7) is 3.90. The number of carboxylic acid groups (broad SMARTS) is 1. The number of thiophene rings is 1. The normalized spacial score (nSPS) is 24.1. The van der Waals surface area contributed by atoms with Gasteiger partial charge in [0.1, 0.15) is 5.00 Å². The quantitative estimate of drug-likeness (QED) is 0.634. The molecule has 0 aliphatic heterocycles. The maximum atomic E-state index is 13.1. The molecule has 2 amide bonds. The Kier molecular flexibility index (Phi) is 5.51. The third kappa shape index (κ3) is 4.10. The van der Waals surface area contributed by atoms with Gasteiger partial charge in [-0.25, -0.2) is 0 Å². The number of rotatable bonds is 5. The smallest absolute Gasteiger partial charge is 0.307 e. The van der Waals surface area contributed by atoms with Crippen molar-refractivity contribution in [2.75, 3.05) is 5.32 Å². The van der Waals surface area contributed by atoms with Crippen LogP contribution in [0, 0.1) is 11.8 Å². The minimum atomic E-state index is -0.936. The SMILES string of the molecule is CC1=C(C)C[C@H](C(=O)Nc2sc3c(c2C(=O)NC2CC2)CCCC3)[C@@H](C(=O)O)C1. The summed E-state index contributed by atoms with van der Waals surface area (Å²) in [5.41, 5.74) is 3.81. The summed E-state index contributed by atoms with van der Waals surface area (Å²) >= 11 is 1.49. The standard InChI is InChI=1S/C22H28N2O4S/c1-11-9-15(16(22(27)28)10-12(11)2)19(25)24-21-18(20(26)23-13-7-8-13)14-5-3-4-6-17(14)29-21/h13,15-16H,3-10H2,1-2H3,(H,23,26)(H,24,25)(H,27,28)/t15-,16-/m0/s1. The summed E-state index contributed by atoms with van der Waals surface area (Å²) in [6.07, 6.45) is 6.79. The van der Waals surface area contributed by atoms with Gasteiger partial charge in [0.2, 0.25) is 5.91 Å². The Morgan fingerprint density at radius 3 is 2.31 bits per heavy atom. The molecule has 0 aromatic carbocycles. The van der Waals surface area contributed by atoms with Crippen LogP contribution in [0.3, 0.4) is 0 Å². The highest BCUT2D eigenvalue weighted by Gasteiger charge is 2.38. The minimum Gasteiger partial charge on any atom is -0.481 e. The highest BCUT2D eigenvalue weighted by Crippen LogP contribution is 2.40. The highest BCUT2D eigenvalue weighted by molar-refractivity contribution is 7.17. The van der Waals surface area contributed by atoms with Crippen molar-refractivity contribution in [1.82, 2.24) is 5.32 Å². The van der Waals surface area contributed by atoms with Crippen LogP contribution in [0.1, 0.15) is 73.2 Å². The van der Waals surface area contributed by atoms with E-state index in [1.807, 2.05) is 13.8 Å². The Labute approximate surface area is 174 Å². The van der Waals surface area contributed by atoms with Gasteiger partial charge in [-0.3, -0.25) is 14.4 Å². The van der Waals surface area contributed by atoms with Crippen LogP contribution >= 0.6 is 11.3 Å². The zero-order valence-electron chi connectivity index (χ0n) is 17.0. The molecule has 156 valence electrons. The molecule has 29 heavy (non-hydrogen) atoms. The average Bonchev–Trinajstić information content (AvgIpc) is 3.41. The summed E-state index contributed by atoms with van der Waals surface area (Å²) in [4.78, 5) is 39.0. The first-order valence-electron chi connectivity index (χ1n) is 10.5. The van der Waals surface area contributed by atoms with Crippen LogP contribution in [0.25, 0.3) is 0 Å². The van der Waals surface area contributed by atoms with E-state index in [0.717, 1.165) is 55.2 Å². The van der Waals surface area contributed by atoms with Gasteiger partial charge in [0.25, 0.3) is 5.91 Å². The van der Waals surface area contributed by atoms with Crippen LogP contribution in [-0.2, 0) is 22.4 Å². The van der Waals surface area contributed by atoms with Gasteiger partial charge in [0, 0.05) is 10.9 Å². The third-order valence-electron chi connectivity index (χ3n) is 6.47. The lowest BCUT2D eigenvalue weighted by Crippen LogP contribution is -2.37. The molecule has 0 bridgehead atoms. The molecule has 1 heterocycles. The number of aryl methyl sites for hydroxylation is 1. The van der Waals surface area contributed by atoms with Crippen LogP contribution in [0.4, 0.5) is 5.00 Å². The second-order valence-electron chi connectivity index (χ2n) is 8.67. The van der Waals surface area contributed by atoms with Crippen molar-refractivity contribution in [3.63, 3.8) is 0 Å². The van der Waals surface area contributed by atoms with Gasteiger partial charge < -0.3 is 15.7 Å². The Balaban J connectivity index is 1.61. The maximum absolute atomic E-state index is 13.1. The molecule has 1 saturated carbocycles. The second-order valence-corrected chi connectivity index (χ2v) is 9.78. The Morgan fingerprint density at radius 1 is 1.00 bits per heavy atom. The maximum Gasteiger partial charge on any atom is 0.307 e. The molecule has 2 atom stereocenters. The molecule has 0 unspecified atom stereocenters. The van der Waals surface area contributed by atoms with E-state index in [1.165, 1.54) is 16.2 Å². The summed E-state index contributed by atoms with van der Waals surface area (Å²) in [5.74, 6) is -2.67. The predicted octanol–water partition coefficient (Wildman–Crippen LogP) is 3.90. The number of aliphatic carboxylic acids is 1. The average molecular weight is 417 g/mol. The molecule has 3 aliphatic carbocycles. The summed E-state index contributed by atoms with van der Waals surface area (Å²) in [5, 5.41) is 16.3. The van der Waals surface area contributed by atoms with Crippen molar-refractivity contribution in [2.45, 2.75) is 71.3 Å². The van der Waals surface area contributed by atoms with Crippen molar-refractivity contribution in [3.8, 4) is 0 Å². The van der Waals surface area contributed by atoms with E-state index in [9.17, 15) is 19.5 Å². The summed E-state index contributed by atoms with van der Waals surface area (Å²) in [7, 11) is 0. The van der Waals surface area contributed by atoms with Crippen molar-refractivity contribution >= 4 is 34.1 Å². The number of hydrogen-bond donors (Lipinski definition) is 3. The van der Waals surface area contributed by atoms with Gasteiger partial charge in [-0.05, 0) is 70.8 Å². The molecule has 1 fully saturated rings. The van der Waals surface area contributed by atoms with Gasteiger partial charge in [-0.1, -0.05) is 11.1 Å². The van der Waals surface area contributed by atoms with Crippen LogP contribution < -0.4 is 10.6 Å². The number of carbonyl (C=O) groups is 3. The number of amides is 2. The van der Waals surface area contributed by atoms with E-state index in [0.29, 0.717) is 23.4 Å². The van der Waals surface area contributed by atoms with Crippen molar-refractivity contribution in [2.24, 2.45) is 11.8 Å². The van der Waals surface area contributed by atoms with Gasteiger partial charge in [0.15, 0.2) is 0 Å². The van der Waals surface area contributed by atoms with E-state index in [2.05, 4.69) is 10.6 Å². The van der Waals surface area contributed by atoms with Crippen LogP contribution in [0.15, 0.2) is 11.1 Å². The van der Waals surface area contributed by atoms with Crippen LogP contribution in [-0.4, -0.2) is 28.9 Å². The third-order valence-corrected chi connectivity index (χ3v) is 7.68. The fourth-order valence-corrected chi connectivity index (χ4v) is 5.70. The topological polar surface area (TPSA) is 95.5 Å². The fraction of sp³-hybridized carbons (Fsp3) is 0.591. The van der Waals surface area contributed by atoms with Crippen LogP contribution in [0.5, 0.6) is 0 Å². The summed E-state index contributed by atoms with van der Waals surface area (Å²) in [6, 6.07) is 0.246. The van der Waals surface area contributed by atoms with E-state index < -0.39 is 17.8 Å². The van der Waals surface area contributed by atoms with E-state index in [4.69, 9.17) is 0 Å². The lowest BCUT2D eigenvalue weighted by Gasteiger charge is -2.29. The molecule has 4 rings (SSSR count). The molecule has 3 aliphatic rings. The molecule has 1 aromatic rings. The van der Waals surface area contributed by atoms with Crippen molar-refractivity contribution < 1.29 is 19.5 Å². The number of anilines is 1. The first kappa shape index (κ1) is 20.1. The highest BCUT2D eigenvalue weighted by atomic mass is 32.1. The Bertz CT molecular complexity index is 897. The van der Waals surface area contributed by atoms with Crippen molar-refractivity contribution in [3.05, 3.63) is 27.2 Å². The predicted molar refractivity (Wildman–Crippen MR) is 112 cm³/mol. The molecule has 3 N–H and O–H groups in total. The minimum absolute atomic E-state index is 0.104. The lowest BCUT2D eigenvalue weighted by atomic mass is 9.76. The van der Waals surface area contributed by atoms with Gasteiger partial charge >= 0.3 is 5.97 Å². The Morgan fingerprint density at radius 2 is 1.66 bits per heavy atom. The fourth-order valence-electron chi connectivity index (χ4n) is 4.41. The largest absolute Gasteiger partial charge is 0.481 e. The van der Waals surface area contributed by atoms with E-state index in [1.54, 1.807) is 0 Å². The number of nitrogens with one attached hydrogen (secondary N) is 2. The number of fused-ring (bicyclic) bond motifs is 1. The summed E-state index contributed by atoms with van der Waals surface area (Å²) < 4.78 is 0. The molecule has 0 spiro atoms. The zero-order valence-corrected chi connectivity index (χ0v) is 17.8. The molecule has 1 aromatic heterocycles. The molecule has 6 nitrogen and oxygen atoms in total. The monoisotopic (exact) mass is 416 g/mol. The molecule has 0 radical (unpaired) electrons. The first-order chi connectivity index (χ1) is 13.8. The number of hydrogen-bond acceptors (Lipinski definition) is 4. The second kappa shape index (κ2) is 7.94.